The van der Waals surface area contributed by atoms with Crippen LogP contribution in [0.5, 0.6) is 0 Å². The Hall–Kier alpha value is -0.130. The van der Waals surface area contributed by atoms with Crippen LogP contribution in [-0.2, 0) is 6.42 Å². The van der Waals surface area contributed by atoms with Crippen LogP contribution in [0.1, 0.15) is 31.2 Å². The van der Waals surface area contributed by atoms with Crippen LogP contribution in [0.4, 0.5) is 0 Å². The zero-order valence-electron chi connectivity index (χ0n) is 11.6. The quantitative estimate of drug-likeness (QED) is 0.829. The van der Waals surface area contributed by atoms with Crippen molar-refractivity contribution < 1.29 is 0 Å². The van der Waals surface area contributed by atoms with Gasteiger partial charge in [-0.15, -0.1) is 0 Å². The molecule has 0 aromatic heterocycles. The Kier molecular flexibility index (Phi) is 4.15. The average Bonchev–Trinajstić information content (AvgIpc) is 2.64. The second kappa shape index (κ2) is 5.70. The smallest absolute Gasteiger partial charge is 0.0130 e. The largest absolute Gasteiger partial charge is 0.327 e. The highest BCUT2D eigenvalue weighted by atomic mass is 127. The van der Waals surface area contributed by atoms with Crippen molar-refractivity contribution in [3.63, 3.8) is 0 Å². The molecule has 3 unspecified atom stereocenters. The molecule has 2 N–H and O–H groups in total. The molecule has 2 fully saturated rings. The molecule has 3 atom stereocenters. The van der Waals surface area contributed by atoms with Gasteiger partial charge in [0.1, 0.15) is 0 Å². The van der Waals surface area contributed by atoms with Crippen LogP contribution in [0.15, 0.2) is 24.3 Å². The summed E-state index contributed by atoms with van der Waals surface area (Å²) in [6.45, 7) is 0. The van der Waals surface area contributed by atoms with E-state index in [1.54, 1.807) is 0 Å². The highest BCUT2D eigenvalue weighted by Gasteiger charge is 2.40. The molecule has 0 amide bonds. The molecule has 1 aromatic carbocycles. The van der Waals surface area contributed by atoms with E-state index in [2.05, 4.69) is 58.8 Å². The van der Waals surface area contributed by atoms with Gasteiger partial charge < -0.3 is 10.6 Å². The molecule has 19 heavy (non-hydrogen) atoms. The normalized spacial score (nSPS) is 32.5. The maximum atomic E-state index is 6.50. The number of nitrogens with zero attached hydrogens (tertiary/aromatic N) is 1. The fourth-order valence-corrected chi connectivity index (χ4v) is 4.22. The van der Waals surface area contributed by atoms with Gasteiger partial charge in [0, 0.05) is 21.7 Å². The lowest BCUT2D eigenvalue weighted by Crippen LogP contribution is -2.46. The Bertz CT molecular complexity index is 417. The van der Waals surface area contributed by atoms with E-state index < -0.39 is 0 Å². The van der Waals surface area contributed by atoms with E-state index >= 15 is 0 Å². The molecule has 3 heteroatoms. The number of benzene rings is 1. The molecule has 0 spiro atoms. The SMILES string of the molecule is CN1C2CCC1CC(C(N)Cc1ccc(I)cc1)C2. The molecule has 1 aromatic rings. The van der Waals surface area contributed by atoms with E-state index in [9.17, 15) is 0 Å². The molecule has 2 aliphatic heterocycles. The molecule has 2 nitrogen and oxygen atoms in total. The lowest BCUT2D eigenvalue weighted by molar-refractivity contribution is 0.120. The van der Waals surface area contributed by atoms with Gasteiger partial charge in [-0.3, -0.25) is 0 Å². The van der Waals surface area contributed by atoms with E-state index in [0.717, 1.165) is 18.5 Å². The molecule has 0 aliphatic carbocycles. The lowest BCUT2D eigenvalue weighted by Gasteiger charge is -2.38. The minimum absolute atomic E-state index is 0.330. The van der Waals surface area contributed by atoms with Gasteiger partial charge in [0.05, 0.1) is 0 Å². The van der Waals surface area contributed by atoms with Crippen molar-refractivity contribution in [2.75, 3.05) is 7.05 Å². The maximum absolute atomic E-state index is 6.50. The highest BCUT2D eigenvalue weighted by Crippen LogP contribution is 2.38. The van der Waals surface area contributed by atoms with Gasteiger partial charge in [-0.05, 0) is 85.4 Å². The van der Waals surface area contributed by atoms with Crippen molar-refractivity contribution in [3.05, 3.63) is 33.4 Å². The van der Waals surface area contributed by atoms with Crippen molar-refractivity contribution in [1.82, 2.24) is 4.90 Å². The van der Waals surface area contributed by atoms with E-state index in [0.29, 0.717) is 12.0 Å². The van der Waals surface area contributed by atoms with Gasteiger partial charge in [-0.25, -0.2) is 0 Å². The summed E-state index contributed by atoms with van der Waals surface area (Å²) in [7, 11) is 2.29. The minimum Gasteiger partial charge on any atom is -0.327 e. The Morgan fingerprint density at radius 2 is 1.79 bits per heavy atom. The Labute approximate surface area is 129 Å². The third kappa shape index (κ3) is 2.98. The number of nitrogens with two attached hydrogens (primary N) is 1. The summed E-state index contributed by atoms with van der Waals surface area (Å²) in [5, 5.41) is 0. The molecule has 2 heterocycles. The zero-order valence-corrected chi connectivity index (χ0v) is 13.7. The number of fused-ring (bicyclic) bond motifs is 2. The molecule has 104 valence electrons. The fraction of sp³-hybridized carbons (Fsp3) is 0.625. The first kappa shape index (κ1) is 13.8. The molecule has 3 rings (SSSR count). The van der Waals surface area contributed by atoms with Crippen LogP contribution in [0.3, 0.4) is 0 Å². The Morgan fingerprint density at radius 3 is 2.37 bits per heavy atom. The van der Waals surface area contributed by atoms with Gasteiger partial charge in [-0.1, -0.05) is 12.1 Å². The van der Waals surface area contributed by atoms with E-state index in [-0.39, 0.29) is 0 Å². The van der Waals surface area contributed by atoms with Gasteiger partial charge >= 0.3 is 0 Å². The third-order valence-corrected chi connectivity index (χ3v) is 5.84. The number of rotatable bonds is 3. The number of hydrogen-bond acceptors (Lipinski definition) is 2. The standard InChI is InChI=1S/C16H23IN2/c1-19-14-6-7-15(19)10-12(9-14)16(18)8-11-2-4-13(17)5-3-11/h2-5,12,14-16H,6-10,18H2,1H3. The van der Waals surface area contributed by atoms with Crippen LogP contribution >= 0.6 is 22.6 Å². The van der Waals surface area contributed by atoms with Crippen LogP contribution < -0.4 is 5.73 Å². The van der Waals surface area contributed by atoms with Crippen molar-refractivity contribution >= 4 is 22.6 Å². The molecular weight excluding hydrogens is 347 g/mol. The van der Waals surface area contributed by atoms with Gasteiger partial charge in [0.25, 0.3) is 0 Å². The fourth-order valence-electron chi connectivity index (χ4n) is 3.86. The highest BCUT2D eigenvalue weighted by molar-refractivity contribution is 14.1. The summed E-state index contributed by atoms with van der Waals surface area (Å²) in [6.07, 6.45) is 6.41. The second-order valence-electron chi connectivity index (χ2n) is 6.28. The third-order valence-electron chi connectivity index (χ3n) is 5.12. The van der Waals surface area contributed by atoms with Crippen molar-refractivity contribution in [1.29, 1.82) is 0 Å². The van der Waals surface area contributed by atoms with Crippen molar-refractivity contribution in [2.24, 2.45) is 11.7 Å². The van der Waals surface area contributed by atoms with E-state index in [1.165, 1.54) is 34.8 Å². The summed E-state index contributed by atoms with van der Waals surface area (Å²) < 4.78 is 1.30. The first-order valence-electron chi connectivity index (χ1n) is 7.35. The monoisotopic (exact) mass is 370 g/mol. The summed E-state index contributed by atoms with van der Waals surface area (Å²) in [6, 6.07) is 10.7. The lowest BCUT2D eigenvalue weighted by atomic mass is 9.83. The number of halogens is 1. The van der Waals surface area contributed by atoms with Gasteiger partial charge in [-0.2, -0.15) is 0 Å². The summed E-state index contributed by atoms with van der Waals surface area (Å²) in [5.74, 6) is 0.716. The first-order valence-corrected chi connectivity index (χ1v) is 8.43. The summed E-state index contributed by atoms with van der Waals surface area (Å²) in [4.78, 5) is 2.59. The van der Waals surface area contributed by atoms with Crippen LogP contribution in [0, 0.1) is 9.49 Å². The topological polar surface area (TPSA) is 29.3 Å². The van der Waals surface area contributed by atoms with E-state index in [1.807, 2.05) is 0 Å². The molecule has 0 radical (unpaired) electrons. The van der Waals surface area contributed by atoms with Crippen molar-refractivity contribution in [2.45, 2.75) is 50.2 Å². The predicted molar refractivity (Wildman–Crippen MR) is 88.1 cm³/mol. The molecule has 2 saturated heterocycles. The molecule has 0 saturated carbocycles. The number of piperidine rings is 1. The minimum atomic E-state index is 0.330. The maximum Gasteiger partial charge on any atom is 0.0130 e. The van der Waals surface area contributed by atoms with Crippen LogP contribution in [0.2, 0.25) is 0 Å². The Balaban J connectivity index is 1.62. The van der Waals surface area contributed by atoms with Crippen LogP contribution in [-0.4, -0.2) is 30.1 Å². The van der Waals surface area contributed by atoms with Crippen LogP contribution in [0.25, 0.3) is 0 Å². The second-order valence-corrected chi connectivity index (χ2v) is 7.52. The van der Waals surface area contributed by atoms with Crippen molar-refractivity contribution in [3.8, 4) is 0 Å². The summed E-state index contributed by atoms with van der Waals surface area (Å²) >= 11 is 2.35. The van der Waals surface area contributed by atoms with E-state index in [4.69, 9.17) is 5.73 Å². The summed E-state index contributed by atoms with van der Waals surface area (Å²) in [5.41, 5.74) is 7.88. The number of hydrogen-bond donors (Lipinski definition) is 1. The molecule has 2 aliphatic rings. The van der Waals surface area contributed by atoms with Gasteiger partial charge in [0.2, 0.25) is 0 Å². The predicted octanol–water partition coefficient (Wildman–Crippen LogP) is 3.03. The average molecular weight is 370 g/mol. The molecule has 2 bridgehead atoms. The Morgan fingerprint density at radius 1 is 1.21 bits per heavy atom. The first-order chi connectivity index (χ1) is 9.13. The zero-order chi connectivity index (χ0) is 13.4. The van der Waals surface area contributed by atoms with Gasteiger partial charge in [0.15, 0.2) is 0 Å². The molecular formula is C16H23IN2.